The summed E-state index contributed by atoms with van der Waals surface area (Å²) in [5.74, 6) is 1.56. The predicted molar refractivity (Wildman–Crippen MR) is 101 cm³/mol. The van der Waals surface area contributed by atoms with Gasteiger partial charge in [0.05, 0.1) is 16.7 Å². The van der Waals surface area contributed by atoms with Crippen molar-refractivity contribution >= 4 is 38.5 Å². The number of sulfonamides is 1. The number of aromatic nitrogens is 2. The molecular formula is C18H13N5O4S. The van der Waals surface area contributed by atoms with E-state index in [0.717, 1.165) is 29.4 Å². The number of fused-ring (bicyclic) bond motifs is 1. The second kappa shape index (κ2) is 8.26. The lowest BCUT2D eigenvalue weighted by molar-refractivity contribution is 0.0705. The number of hydroxylamine groups is 1. The number of nitrogens with one attached hydrogen (secondary N) is 2. The fraction of sp³-hybridized carbons (Fsp3) is 0. The minimum Gasteiger partial charge on any atom is -0.288 e. The Morgan fingerprint density at radius 2 is 1.82 bits per heavy atom. The maximum atomic E-state index is 12.3. The number of hydrogen-bond acceptors (Lipinski definition) is 7. The zero-order chi connectivity index (χ0) is 20.0. The number of hydrogen-bond donors (Lipinski definition) is 3. The molecule has 1 amide bonds. The van der Waals surface area contributed by atoms with Crippen LogP contribution in [0.1, 0.15) is 10.4 Å². The summed E-state index contributed by atoms with van der Waals surface area (Å²) in [6.45, 7) is 0. The van der Waals surface area contributed by atoms with Gasteiger partial charge in [-0.15, -0.1) is 0 Å². The Hall–Kier alpha value is -3.81. The SMILES string of the molecule is O=C(NO)c1cnc(N=C=C=CNS(=O)(=O)c2ccc3ccccc3c2)nc1. The molecule has 0 fully saturated rings. The van der Waals surface area contributed by atoms with E-state index in [4.69, 9.17) is 5.21 Å². The molecule has 28 heavy (non-hydrogen) atoms. The molecule has 3 rings (SSSR count). The van der Waals surface area contributed by atoms with Crippen LogP contribution in [0.2, 0.25) is 0 Å². The Bertz CT molecular complexity index is 1230. The van der Waals surface area contributed by atoms with Crippen LogP contribution in [0.25, 0.3) is 10.8 Å². The van der Waals surface area contributed by atoms with E-state index in [9.17, 15) is 13.2 Å². The first kappa shape index (κ1) is 19.0. The third-order valence-electron chi connectivity index (χ3n) is 3.54. The van der Waals surface area contributed by atoms with Crippen LogP contribution in [0, 0.1) is 0 Å². The highest BCUT2D eigenvalue weighted by Gasteiger charge is 2.12. The van der Waals surface area contributed by atoms with Crippen LogP contribution in [-0.4, -0.2) is 35.4 Å². The second-order valence-electron chi connectivity index (χ2n) is 5.36. The molecule has 0 saturated heterocycles. The summed E-state index contributed by atoms with van der Waals surface area (Å²) < 4.78 is 26.9. The molecule has 0 unspecified atom stereocenters. The van der Waals surface area contributed by atoms with Gasteiger partial charge in [-0.3, -0.25) is 14.7 Å². The number of amides is 1. The quantitative estimate of drug-likeness (QED) is 0.261. The van der Waals surface area contributed by atoms with Crippen molar-refractivity contribution in [2.45, 2.75) is 4.90 Å². The molecule has 3 N–H and O–H groups in total. The molecule has 140 valence electrons. The first-order valence-electron chi connectivity index (χ1n) is 7.80. The minimum atomic E-state index is -3.76. The van der Waals surface area contributed by atoms with Gasteiger partial charge in [-0.25, -0.2) is 23.9 Å². The van der Waals surface area contributed by atoms with Gasteiger partial charge < -0.3 is 0 Å². The van der Waals surface area contributed by atoms with Gasteiger partial charge in [0.25, 0.3) is 21.9 Å². The molecule has 9 nitrogen and oxygen atoms in total. The van der Waals surface area contributed by atoms with Crippen LogP contribution >= 0.6 is 0 Å². The van der Waals surface area contributed by atoms with Crippen molar-refractivity contribution in [2.75, 3.05) is 0 Å². The van der Waals surface area contributed by atoms with Crippen LogP contribution in [0.15, 0.2) is 76.7 Å². The number of carbonyl (C=O) groups is 1. The third kappa shape index (κ3) is 4.47. The third-order valence-corrected chi connectivity index (χ3v) is 4.84. The predicted octanol–water partition coefficient (Wildman–Crippen LogP) is 1.70. The van der Waals surface area contributed by atoms with Crippen molar-refractivity contribution in [3.63, 3.8) is 0 Å². The lowest BCUT2D eigenvalue weighted by atomic mass is 10.1. The lowest BCUT2D eigenvalue weighted by Gasteiger charge is -2.04. The van der Waals surface area contributed by atoms with Crippen LogP contribution in [0.5, 0.6) is 0 Å². The number of nitrogens with zero attached hydrogens (tertiary/aromatic N) is 3. The Kier molecular flexibility index (Phi) is 5.59. The van der Waals surface area contributed by atoms with Gasteiger partial charge >= 0.3 is 0 Å². The second-order valence-corrected chi connectivity index (χ2v) is 7.07. The van der Waals surface area contributed by atoms with E-state index in [0.29, 0.717) is 0 Å². The molecule has 0 aliphatic heterocycles. The zero-order valence-corrected chi connectivity index (χ0v) is 15.0. The highest BCUT2D eigenvalue weighted by atomic mass is 32.2. The van der Waals surface area contributed by atoms with Crippen molar-refractivity contribution in [1.82, 2.24) is 20.2 Å². The topological polar surface area (TPSA) is 134 Å². The van der Waals surface area contributed by atoms with E-state index in [-0.39, 0.29) is 16.4 Å². The van der Waals surface area contributed by atoms with E-state index in [2.05, 4.69) is 31.3 Å². The van der Waals surface area contributed by atoms with Gasteiger partial charge in [0.15, 0.2) is 0 Å². The summed E-state index contributed by atoms with van der Waals surface area (Å²) >= 11 is 0. The van der Waals surface area contributed by atoms with Gasteiger partial charge in [-0.2, -0.15) is 4.99 Å². The number of benzene rings is 2. The Balaban J connectivity index is 1.72. The normalized spacial score (nSPS) is 10.5. The monoisotopic (exact) mass is 395 g/mol. The fourth-order valence-corrected chi connectivity index (χ4v) is 3.06. The molecule has 2 aromatic carbocycles. The van der Waals surface area contributed by atoms with Crippen molar-refractivity contribution in [3.8, 4) is 0 Å². The molecule has 0 radical (unpaired) electrons. The van der Waals surface area contributed by atoms with Crippen LogP contribution in [-0.2, 0) is 10.0 Å². The van der Waals surface area contributed by atoms with Crippen molar-refractivity contribution < 1.29 is 18.4 Å². The van der Waals surface area contributed by atoms with Gasteiger partial charge in [-0.05, 0) is 28.6 Å². The molecule has 0 aliphatic rings. The maximum Gasteiger partial charge on any atom is 0.277 e. The first-order valence-corrected chi connectivity index (χ1v) is 9.28. The fourth-order valence-electron chi connectivity index (χ4n) is 2.18. The maximum absolute atomic E-state index is 12.3. The van der Waals surface area contributed by atoms with Crippen LogP contribution in [0.3, 0.4) is 0 Å². The summed E-state index contributed by atoms with van der Waals surface area (Å²) in [5.41, 5.74) is 3.91. The number of rotatable bonds is 5. The molecule has 10 heteroatoms. The summed E-state index contributed by atoms with van der Waals surface area (Å²) in [4.78, 5) is 22.5. The molecular weight excluding hydrogens is 382 g/mol. The van der Waals surface area contributed by atoms with Gasteiger partial charge in [0, 0.05) is 18.3 Å². The Morgan fingerprint density at radius 1 is 1.11 bits per heavy atom. The van der Waals surface area contributed by atoms with Crippen LogP contribution < -0.4 is 10.2 Å². The molecule has 0 spiro atoms. The molecule has 0 saturated carbocycles. The Labute approximate surface area is 159 Å². The average Bonchev–Trinajstić information content (AvgIpc) is 2.73. The van der Waals surface area contributed by atoms with Crippen molar-refractivity contribution in [2.24, 2.45) is 4.99 Å². The number of aliphatic imine (C=N–C) groups is 1. The zero-order valence-electron chi connectivity index (χ0n) is 14.2. The summed E-state index contributed by atoms with van der Waals surface area (Å²) in [6.07, 6.45) is 3.36. The minimum absolute atomic E-state index is 0.0206. The summed E-state index contributed by atoms with van der Waals surface area (Å²) in [5, 5.41) is 10.2. The van der Waals surface area contributed by atoms with E-state index in [1.807, 2.05) is 24.3 Å². The smallest absolute Gasteiger partial charge is 0.277 e. The first-order chi connectivity index (χ1) is 13.5. The van der Waals surface area contributed by atoms with E-state index in [1.165, 1.54) is 11.5 Å². The molecule has 0 atom stereocenters. The average molecular weight is 395 g/mol. The van der Waals surface area contributed by atoms with E-state index in [1.54, 1.807) is 12.1 Å². The highest BCUT2D eigenvalue weighted by Crippen LogP contribution is 2.18. The molecule has 0 bridgehead atoms. The summed E-state index contributed by atoms with van der Waals surface area (Å²) in [7, 11) is -3.76. The summed E-state index contributed by atoms with van der Waals surface area (Å²) in [6, 6.07) is 12.2. The number of carbonyl (C=O) groups excluding carboxylic acids is 1. The van der Waals surface area contributed by atoms with Gasteiger partial charge in [0.1, 0.15) is 0 Å². The van der Waals surface area contributed by atoms with E-state index >= 15 is 0 Å². The van der Waals surface area contributed by atoms with Crippen molar-refractivity contribution in [3.05, 3.63) is 72.4 Å². The molecule has 1 aromatic heterocycles. The molecule has 0 aliphatic carbocycles. The standard InChI is InChI=1S/C18H13N5O4S/c24-17(23-25)15-11-20-18(21-12-15)19-8-3-9-22-28(26,27)16-7-6-13-4-1-2-5-14(13)10-16/h1-2,4-7,9-12,22,25H,(H,23,24). The van der Waals surface area contributed by atoms with Gasteiger partial charge in [-0.1, -0.05) is 30.3 Å². The highest BCUT2D eigenvalue weighted by molar-refractivity contribution is 7.89. The molecule has 3 aromatic rings. The lowest BCUT2D eigenvalue weighted by Crippen LogP contribution is -2.18. The molecule has 1 heterocycles. The Morgan fingerprint density at radius 3 is 2.54 bits per heavy atom. The van der Waals surface area contributed by atoms with Crippen molar-refractivity contribution in [1.29, 1.82) is 0 Å². The largest absolute Gasteiger partial charge is 0.288 e. The van der Waals surface area contributed by atoms with Gasteiger partial charge in [0.2, 0.25) is 0 Å². The van der Waals surface area contributed by atoms with E-state index < -0.39 is 15.9 Å². The van der Waals surface area contributed by atoms with Crippen LogP contribution in [0.4, 0.5) is 5.95 Å².